The van der Waals surface area contributed by atoms with E-state index in [0.29, 0.717) is 11.8 Å². The molecular formula is C20H24ClNO4. The fourth-order valence-electron chi connectivity index (χ4n) is 4.09. The maximum absolute atomic E-state index is 10.1. The lowest BCUT2D eigenvalue weighted by molar-refractivity contribution is 0.160. The van der Waals surface area contributed by atoms with Gasteiger partial charge in [0.25, 0.3) is 0 Å². The van der Waals surface area contributed by atoms with Gasteiger partial charge in [-0.25, -0.2) is 0 Å². The van der Waals surface area contributed by atoms with Crippen LogP contribution in [-0.2, 0) is 19.4 Å². The summed E-state index contributed by atoms with van der Waals surface area (Å²) in [6, 6.07) is 8.35. The molecule has 0 aromatic heterocycles. The third-order valence-corrected chi connectivity index (χ3v) is 5.40. The van der Waals surface area contributed by atoms with Crippen molar-refractivity contribution in [3.8, 4) is 23.0 Å². The Morgan fingerprint density at radius 2 is 1.54 bits per heavy atom. The summed E-state index contributed by atoms with van der Waals surface area (Å²) >= 11 is 0. The Kier molecular flexibility index (Phi) is 5.21. The van der Waals surface area contributed by atoms with E-state index in [0.717, 1.165) is 37.4 Å². The van der Waals surface area contributed by atoms with Crippen LogP contribution in [0.4, 0.5) is 0 Å². The van der Waals surface area contributed by atoms with Crippen molar-refractivity contribution in [3.05, 3.63) is 46.5 Å². The standard InChI is InChI=1S/C20H23NO4.ClH/c1-23-18-9-13-6-16-15-10-20(25-3)19(24-2)8-12(15)4-5-21(16)11-14(13)7-17(18)22;/h7-10,16,22H,4-6,11H2,1-3H3;1H. The third-order valence-electron chi connectivity index (χ3n) is 5.40. The van der Waals surface area contributed by atoms with Crippen LogP contribution in [0.2, 0.25) is 0 Å². The maximum Gasteiger partial charge on any atom is 0.161 e. The molecule has 2 aliphatic heterocycles. The zero-order valence-corrected chi connectivity index (χ0v) is 16.1. The van der Waals surface area contributed by atoms with Gasteiger partial charge in [-0.05, 0) is 59.4 Å². The molecule has 6 heteroatoms. The maximum atomic E-state index is 10.1. The van der Waals surface area contributed by atoms with E-state index in [-0.39, 0.29) is 18.2 Å². The number of aromatic hydroxyl groups is 1. The monoisotopic (exact) mass is 377 g/mol. The average molecular weight is 378 g/mol. The Balaban J connectivity index is 0.00000196. The quantitative estimate of drug-likeness (QED) is 0.887. The highest BCUT2D eigenvalue weighted by molar-refractivity contribution is 5.85. The van der Waals surface area contributed by atoms with E-state index in [1.54, 1.807) is 21.3 Å². The fourth-order valence-corrected chi connectivity index (χ4v) is 4.09. The fraction of sp³-hybridized carbons (Fsp3) is 0.400. The van der Waals surface area contributed by atoms with Crippen LogP contribution in [0.5, 0.6) is 23.0 Å². The topological polar surface area (TPSA) is 51.2 Å². The first kappa shape index (κ1) is 18.7. The van der Waals surface area contributed by atoms with Gasteiger partial charge in [-0.15, -0.1) is 12.4 Å². The highest BCUT2D eigenvalue weighted by Gasteiger charge is 2.33. The van der Waals surface area contributed by atoms with Crippen molar-refractivity contribution >= 4 is 12.4 Å². The second-order valence-corrected chi connectivity index (χ2v) is 6.64. The minimum absolute atomic E-state index is 0. The molecule has 0 amide bonds. The van der Waals surface area contributed by atoms with E-state index >= 15 is 0 Å². The molecule has 2 heterocycles. The molecule has 0 fully saturated rings. The van der Waals surface area contributed by atoms with Gasteiger partial charge in [0.2, 0.25) is 0 Å². The van der Waals surface area contributed by atoms with E-state index in [1.807, 2.05) is 12.1 Å². The number of nitrogens with zero attached hydrogens (tertiary/aromatic N) is 1. The van der Waals surface area contributed by atoms with Crippen LogP contribution in [-0.4, -0.2) is 37.9 Å². The zero-order valence-electron chi connectivity index (χ0n) is 15.2. The highest BCUT2D eigenvalue weighted by atomic mass is 35.5. The molecule has 0 spiro atoms. The summed E-state index contributed by atoms with van der Waals surface area (Å²) in [6.45, 7) is 1.84. The Morgan fingerprint density at radius 1 is 0.885 bits per heavy atom. The Hall–Kier alpha value is -2.11. The van der Waals surface area contributed by atoms with Crippen molar-refractivity contribution in [3.63, 3.8) is 0 Å². The molecule has 0 bridgehead atoms. The van der Waals surface area contributed by atoms with E-state index < -0.39 is 0 Å². The van der Waals surface area contributed by atoms with Gasteiger partial charge in [-0.2, -0.15) is 0 Å². The van der Waals surface area contributed by atoms with E-state index in [1.165, 1.54) is 22.3 Å². The smallest absolute Gasteiger partial charge is 0.161 e. The minimum Gasteiger partial charge on any atom is -0.504 e. The first-order valence-corrected chi connectivity index (χ1v) is 8.52. The van der Waals surface area contributed by atoms with Gasteiger partial charge in [0.1, 0.15) is 0 Å². The largest absolute Gasteiger partial charge is 0.504 e. The minimum atomic E-state index is 0. The second-order valence-electron chi connectivity index (χ2n) is 6.64. The highest BCUT2D eigenvalue weighted by Crippen LogP contribution is 2.44. The van der Waals surface area contributed by atoms with Crippen LogP contribution >= 0.6 is 12.4 Å². The van der Waals surface area contributed by atoms with Crippen LogP contribution in [0.25, 0.3) is 0 Å². The van der Waals surface area contributed by atoms with Crippen molar-refractivity contribution < 1.29 is 19.3 Å². The number of fused-ring (bicyclic) bond motifs is 4. The number of methoxy groups -OCH3 is 3. The van der Waals surface area contributed by atoms with Crippen molar-refractivity contribution in [2.75, 3.05) is 27.9 Å². The third kappa shape index (κ3) is 2.95. The summed E-state index contributed by atoms with van der Waals surface area (Å²) in [5, 5.41) is 10.1. The van der Waals surface area contributed by atoms with Crippen molar-refractivity contribution in [1.29, 1.82) is 0 Å². The van der Waals surface area contributed by atoms with Crippen LogP contribution in [0.15, 0.2) is 24.3 Å². The molecule has 0 saturated heterocycles. The molecule has 5 nitrogen and oxygen atoms in total. The van der Waals surface area contributed by atoms with Gasteiger partial charge in [0.15, 0.2) is 23.0 Å². The molecule has 2 aliphatic rings. The second kappa shape index (κ2) is 7.25. The molecular weight excluding hydrogens is 354 g/mol. The van der Waals surface area contributed by atoms with E-state index in [4.69, 9.17) is 14.2 Å². The summed E-state index contributed by atoms with van der Waals surface area (Å²) in [5.74, 6) is 2.31. The van der Waals surface area contributed by atoms with E-state index in [2.05, 4.69) is 17.0 Å². The lowest BCUT2D eigenvalue weighted by Crippen LogP contribution is -2.39. The number of rotatable bonds is 3. The van der Waals surface area contributed by atoms with Crippen LogP contribution in [0.1, 0.15) is 28.3 Å². The van der Waals surface area contributed by atoms with Gasteiger partial charge < -0.3 is 19.3 Å². The first-order chi connectivity index (χ1) is 12.1. The van der Waals surface area contributed by atoms with Gasteiger partial charge >= 0.3 is 0 Å². The SMILES string of the molecule is COc1cc2c(cc1O)CN1CCc3cc(OC)c(OC)cc3C1C2.Cl. The molecule has 0 saturated carbocycles. The van der Waals surface area contributed by atoms with Gasteiger partial charge in [-0.3, -0.25) is 4.90 Å². The van der Waals surface area contributed by atoms with Crippen LogP contribution in [0.3, 0.4) is 0 Å². The zero-order chi connectivity index (χ0) is 17.6. The molecule has 0 radical (unpaired) electrons. The number of phenols is 1. The Morgan fingerprint density at radius 3 is 2.23 bits per heavy atom. The van der Waals surface area contributed by atoms with Gasteiger partial charge in [0.05, 0.1) is 21.3 Å². The summed E-state index contributed by atoms with van der Waals surface area (Å²) in [5.41, 5.74) is 5.05. The molecule has 2 aromatic carbocycles. The Bertz CT molecular complexity index is 824. The lowest BCUT2D eigenvalue weighted by Gasteiger charge is -2.41. The Labute approximate surface area is 159 Å². The molecule has 1 unspecified atom stereocenters. The molecule has 4 rings (SSSR count). The molecule has 26 heavy (non-hydrogen) atoms. The molecule has 140 valence electrons. The summed E-state index contributed by atoms with van der Waals surface area (Å²) < 4.78 is 16.2. The number of hydrogen-bond donors (Lipinski definition) is 1. The normalized spacial score (nSPS) is 18.0. The number of benzene rings is 2. The number of hydrogen-bond acceptors (Lipinski definition) is 5. The van der Waals surface area contributed by atoms with Gasteiger partial charge in [-0.1, -0.05) is 0 Å². The average Bonchev–Trinajstić information content (AvgIpc) is 2.64. The van der Waals surface area contributed by atoms with E-state index in [9.17, 15) is 5.11 Å². The van der Waals surface area contributed by atoms with Crippen molar-refractivity contribution in [1.82, 2.24) is 4.90 Å². The molecule has 0 aliphatic carbocycles. The molecule has 1 atom stereocenters. The summed E-state index contributed by atoms with van der Waals surface area (Å²) in [6.07, 6.45) is 1.89. The molecule has 1 N–H and O–H groups in total. The predicted molar refractivity (Wildman–Crippen MR) is 102 cm³/mol. The first-order valence-electron chi connectivity index (χ1n) is 8.52. The van der Waals surface area contributed by atoms with Gasteiger partial charge in [0, 0.05) is 19.1 Å². The molecule has 2 aromatic rings. The lowest BCUT2D eigenvalue weighted by atomic mass is 9.83. The summed E-state index contributed by atoms with van der Waals surface area (Å²) in [7, 11) is 4.94. The number of ether oxygens (including phenoxy) is 3. The number of phenolic OH excluding ortho intramolecular Hbond substituents is 1. The predicted octanol–water partition coefficient (Wildman–Crippen LogP) is 3.50. The summed E-state index contributed by atoms with van der Waals surface area (Å²) in [4.78, 5) is 2.47. The van der Waals surface area contributed by atoms with Crippen LogP contribution in [0, 0.1) is 0 Å². The van der Waals surface area contributed by atoms with Crippen LogP contribution < -0.4 is 14.2 Å². The van der Waals surface area contributed by atoms with Crippen molar-refractivity contribution in [2.45, 2.75) is 25.4 Å². The number of halogens is 1. The van der Waals surface area contributed by atoms with Crippen molar-refractivity contribution in [2.24, 2.45) is 0 Å².